The number of aromatic hydroxyl groups is 1. The van der Waals surface area contributed by atoms with Gasteiger partial charge >= 0.3 is 0 Å². The summed E-state index contributed by atoms with van der Waals surface area (Å²) in [6, 6.07) is 11.0. The van der Waals surface area contributed by atoms with Crippen molar-refractivity contribution in [1.82, 2.24) is 4.90 Å². The summed E-state index contributed by atoms with van der Waals surface area (Å²) in [6.45, 7) is 2.64. The van der Waals surface area contributed by atoms with E-state index in [1.54, 1.807) is 36.4 Å². The van der Waals surface area contributed by atoms with Crippen molar-refractivity contribution in [2.75, 3.05) is 13.1 Å². The first-order chi connectivity index (χ1) is 13.0. The number of nitrogens with zero attached hydrogens (tertiary/aromatic N) is 2. The fraction of sp³-hybridized carbons (Fsp3) is 0.286. The van der Waals surface area contributed by atoms with Crippen LogP contribution in [0, 0.1) is 10.1 Å². The van der Waals surface area contributed by atoms with Gasteiger partial charge in [-0.25, -0.2) is 0 Å². The first-order valence-corrected chi connectivity index (χ1v) is 9.04. The molecule has 6 nitrogen and oxygen atoms in total. The summed E-state index contributed by atoms with van der Waals surface area (Å²) in [5.74, 6) is -0.0128. The second kappa shape index (κ2) is 8.60. The number of non-ortho nitro benzene ring substituents is 1. The molecule has 2 aromatic rings. The smallest absolute Gasteiger partial charge is 0.270 e. The first-order valence-electron chi connectivity index (χ1n) is 9.04. The van der Waals surface area contributed by atoms with Crippen LogP contribution in [0.25, 0.3) is 6.08 Å². The highest BCUT2D eigenvalue weighted by atomic mass is 16.6. The highest BCUT2D eigenvalue weighted by Crippen LogP contribution is 2.23. The van der Waals surface area contributed by atoms with E-state index < -0.39 is 4.92 Å². The van der Waals surface area contributed by atoms with E-state index in [0.717, 1.165) is 31.5 Å². The summed E-state index contributed by atoms with van der Waals surface area (Å²) < 4.78 is 0. The Balaban J connectivity index is 1.73. The maximum Gasteiger partial charge on any atom is 0.270 e. The Kier molecular flexibility index (Phi) is 5.98. The number of phenols is 1. The van der Waals surface area contributed by atoms with Crippen molar-refractivity contribution in [1.29, 1.82) is 0 Å². The van der Waals surface area contributed by atoms with Crippen molar-refractivity contribution in [2.45, 2.75) is 25.8 Å². The summed E-state index contributed by atoms with van der Waals surface area (Å²) in [4.78, 5) is 25.1. The van der Waals surface area contributed by atoms with Gasteiger partial charge in [-0.05, 0) is 55.8 Å². The molecule has 6 heteroatoms. The molecule has 0 amide bonds. The van der Waals surface area contributed by atoms with Crippen molar-refractivity contribution in [3.8, 4) is 5.75 Å². The van der Waals surface area contributed by atoms with Crippen molar-refractivity contribution in [3.63, 3.8) is 0 Å². The molecule has 27 heavy (non-hydrogen) atoms. The number of hydrogen-bond acceptors (Lipinski definition) is 5. The molecule has 0 radical (unpaired) electrons. The van der Waals surface area contributed by atoms with Crippen LogP contribution in [0.1, 0.15) is 40.7 Å². The summed E-state index contributed by atoms with van der Waals surface area (Å²) in [6.07, 6.45) is 6.52. The van der Waals surface area contributed by atoms with E-state index in [2.05, 4.69) is 4.90 Å². The Morgan fingerprint density at radius 1 is 1.15 bits per heavy atom. The number of benzene rings is 2. The van der Waals surface area contributed by atoms with E-state index in [4.69, 9.17) is 0 Å². The Morgan fingerprint density at radius 2 is 1.93 bits per heavy atom. The van der Waals surface area contributed by atoms with E-state index in [9.17, 15) is 20.0 Å². The number of nitro groups is 1. The summed E-state index contributed by atoms with van der Waals surface area (Å²) in [5, 5.41) is 21.0. The largest absolute Gasteiger partial charge is 0.508 e. The van der Waals surface area contributed by atoms with E-state index in [1.807, 2.05) is 0 Å². The third-order valence-corrected chi connectivity index (χ3v) is 4.71. The van der Waals surface area contributed by atoms with Crippen LogP contribution in [-0.4, -0.2) is 33.8 Å². The molecule has 2 aromatic carbocycles. The van der Waals surface area contributed by atoms with Crippen LogP contribution in [0.4, 0.5) is 5.69 Å². The van der Waals surface area contributed by atoms with Crippen LogP contribution in [0.5, 0.6) is 5.75 Å². The number of hydrogen-bond donors (Lipinski definition) is 1. The minimum absolute atomic E-state index is 0.0157. The molecular weight excluding hydrogens is 344 g/mol. The first kappa shape index (κ1) is 18.8. The van der Waals surface area contributed by atoms with E-state index in [1.165, 1.54) is 24.6 Å². The zero-order valence-corrected chi connectivity index (χ0v) is 15.0. The predicted octanol–water partition coefficient (Wildman–Crippen LogP) is 4.18. The Morgan fingerprint density at radius 3 is 2.67 bits per heavy atom. The van der Waals surface area contributed by atoms with Crippen LogP contribution in [0.15, 0.2) is 48.5 Å². The van der Waals surface area contributed by atoms with Crippen molar-refractivity contribution >= 4 is 17.5 Å². The zero-order chi connectivity index (χ0) is 19.2. The second-order valence-corrected chi connectivity index (χ2v) is 6.73. The second-order valence-electron chi connectivity index (χ2n) is 6.73. The van der Waals surface area contributed by atoms with Gasteiger partial charge in [-0.3, -0.25) is 19.8 Å². The number of allylic oxidation sites excluding steroid dienone is 1. The molecule has 0 spiro atoms. The maximum absolute atomic E-state index is 12.5. The molecule has 140 valence electrons. The van der Waals surface area contributed by atoms with Gasteiger partial charge < -0.3 is 5.11 Å². The van der Waals surface area contributed by atoms with Crippen LogP contribution >= 0.6 is 0 Å². The third kappa shape index (κ3) is 5.01. The standard InChI is InChI=1S/C21H22N2O4/c24-20(9-7-16-5-4-6-19(13-16)23(26)27)17-8-10-21(25)18(14-17)15-22-11-2-1-3-12-22/h4-10,13-14,25H,1-3,11-12,15H2/b9-7+. The number of rotatable bonds is 6. The van der Waals surface area contributed by atoms with Crippen LogP contribution < -0.4 is 0 Å². The molecule has 3 rings (SSSR count). The lowest BCUT2D eigenvalue weighted by Crippen LogP contribution is -2.29. The monoisotopic (exact) mass is 366 g/mol. The molecule has 1 N–H and O–H groups in total. The lowest BCUT2D eigenvalue weighted by Gasteiger charge is -2.26. The van der Waals surface area contributed by atoms with Gasteiger partial charge in [-0.1, -0.05) is 24.6 Å². The van der Waals surface area contributed by atoms with Crippen molar-refractivity contribution in [3.05, 3.63) is 75.3 Å². The number of ketones is 1. The van der Waals surface area contributed by atoms with Gasteiger partial charge in [0, 0.05) is 29.8 Å². The number of carbonyl (C=O) groups excluding carboxylic acids is 1. The van der Waals surface area contributed by atoms with Crippen LogP contribution in [0.2, 0.25) is 0 Å². The number of phenolic OH excluding ortho intramolecular Hbond substituents is 1. The minimum atomic E-state index is -0.466. The van der Waals surface area contributed by atoms with Gasteiger partial charge in [-0.2, -0.15) is 0 Å². The highest BCUT2D eigenvalue weighted by Gasteiger charge is 2.14. The van der Waals surface area contributed by atoms with Crippen LogP contribution in [-0.2, 0) is 6.54 Å². The normalized spacial score (nSPS) is 15.1. The molecule has 0 atom stereocenters. The summed E-state index contributed by atoms with van der Waals surface area (Å²) in [7, 11) is 0. The molecule has 1 saturated heterocycles. The zero-order valence-electron chi connectivity index (χ0n) is 15.0. The average Bonchev–Trinajstić information content (AvgIpc) is 2.69. The van der Waals surface area contributed by atoms with Gasteiger partial charge in [0.25, 0.3) is 5.69 Å². The van der Waals surface area contributed by atoms with Gasteiger partial charge in [0.1, 0.15) is 5.75 Å². The molecule has 1 aliphatic rings. The lowest BCUT2D eigenvalue weighted by molar-refractivity contribution is -0.384. The van der Waals surface area contributed by atoms with Gasteiger partial charge in [0.2, 0.25) is 0 Å². The summed E-state index contributed by atoms with van der Waals surface area (Å²) >= 11 is 0. The minimum Gasteiger partial charge on any atom is -0.508 e. The average molecular weight is 366 g/mol. The van der Waals surface area contributed by atoms with E-state index >= 15 is 0 Å². The SMILES string of the molecule is O=C(/C=C/c1cccc([N+](=O)[O-])c1)c1ccc(O)c(CN2CCCCC2)c1. The van der Waals surface area contributed by atoms with Gasteiger partial charge in [-0.15, -0.1) is 0 Å². The number of carbonyl (C=O) groups is 1. The number of likely N-dealkylation sites (tertiary alicyclic amines) is 1. The number of nitro benzene ring substituents is 1. The molecule has 0 saturated carbocycles. The molecular formula is C21H22N2O4. The molecule has 1 fully saturated rings. The van der Waals surface area contributed by atoms with Crippen LogP contribution in [0.3, 0.4) is 0 Å². The van der Waals surface area contributed by atoms with Crippen molar-refractivity contribution < 1.29 is 14.8 Å². The Bertz CT molecular complexity index is 870. The van der Waals surface area contributed by atoms with Gasteiger partial charge in [0.15, 0.2) is 5.78 Å². The fourth-order valence-electron chi connectivity index (χ4n) is 3.23. The lowest BCUT2D eigenvalue weighted by atomic mass is 10.0. The molecule has 0 aromatic heterocycles. The summed E-state index contributed by atoms with van der Waals surface area (Å²) in [5.41, 5.74) is 1.80. The fourth-order valence-corrected chi connectivity index (χ4v) is 3.23. The number of piperidine rings is 1. The maximum atomic E-state index is 12.5. The molecule has 1 heterocycles. The highest BCUT2D eigenvalue weighted by molar-refractivity contribution is 6.07. The molecule has 1 aliphatic heterocycles. The topological polar surface area (TPSA) is 83.7 Å². The van der Waals surface area contributed by atoms with E-state index in [0.29, 0.717) is 17.7 Å². The Labute approximate surface area is 157 Å². The third-order valence-electron chi connectivity index (χ3n) is 4.71. The van der Waals surface area contributed by atoms with Crippen molar-refractivity contribution in [2.24, 2.45) is 0 Å². The predicted molar refractivity (Wildman–Crippen MR) is 104 cm³/mol. The van der Waals surface area contributed by atoms with E-state index in [-0.39, 0.29) is 17.2 Å². The molecule has 0 bridgehead atoms. The molecule has 0 aliphatic carbocycles. The Hall–Kier alpha value is -2.99. The quantitative estimate of drug-likeness (QED) is 0.359. The molecule has 0 unspecified atom stereocenters. The van der Waals surface area contributed by atoms with Gasteiger partial charge in [0.05, 0.1) is 4.92 Å².